The molecule has 0 bridgehead atoms. The van der Waals surface area contributed by atoms with Gasteiger partial charge in [0.1, 0.15) is 5.75 Å². The molecule has 0 unspecified atom stereocenters. The lowest BCUT2D eigenvalue weighted by atomic mass is 10.3. The highest BCUT2D eigenvalue weighted by Gasteiger charge is 2.20. The van der Waals surface area contributed by atoms with Crippen molar-refractivity contribution in [2.45, 2.75) is 6.92 Å². The zero-order valence-electron chi connectivity index (χ0n) is 14.8. The Morgan fingerprint density at radius 3 is 2.46 bits per heavy atom. The third-order valence-electron chi connectivity index (χ3n) is 4.07. The molecule has 3 N–H and O–H groups in total. The Balaban J connectivity index is 1.77. The van der Waals surface area contributed by atoms with E-state index < -0.39 is 0 Å². The molecule has 0 fully saturated rings. The molecule has 142 valence electrons. The van der Waals surface area contributed by atoms with E-state index in [0.717, 1.165) is 17.1 Å². The van der Waals surface area contributed by atoms with Crippen molar-refractivity contribution in [1.29, 1.82) is 0 Å². The van der Waals surface area contributed by atoms with Crippen LogP contribution in [0.2, 0.25) is 5.02 Å². The van der Waals surface area contributed by atoms with E-state index in [1.54, 1.807) is 28.8 Å². The second-order valence-corrected chi connectivity index (χ2v) is 6.65. The number of nitrogens with two attached hydrogens (primary N) is 1. The summed E-state index contributed by atoms with van der Waals surface area (Å²) in [6.07, 6.45) is 0. The van der Waals surface area contributed by atoms with Crippen LogP contribution in [0, 0.1) is 4.77 Å². The number of nitrogens with zero attached hydrogens (tertiary/aromatic N) is 5. The number of anilines is 1. The van der Waals surface area contributed by atoms with Gasteiger partial charge in [-0.25, -0.2) is 0 Å². The first-order valence-electron chi connectivity index (χ1n) is 8.46. The first-order chi connectivity index (χ1) is 13.6. The zero-order valence-corrected chi connectivity index (χ0v) is 16.4. The van der Waals surface area contributed by atoms with Crippen LogP contribution in [-0.4, -0.2) is 36.4 Å². The number of benzene rings is 2. The van der Waals surface area contributed by atoms with E-state index in [1.807, 2.05) is 31.2 Å². The summed E-state index contributed by atoms with van der Waals surface area (Å²) in [6, 6.07) is 14.6. The molecule has 0 saturated carbocycles. The standard InChI is InChI=1S/C18H16ClN7OS/c1-2-27-14-9-7-12(8-10-14)25-17(22-23-18(25)28)15-16(20)26(24-21-15)13-5-3-11(19)4-6-13/h3-10H,2,20H2,1H3,(H,23,28). The van der Waals surface area contributed by atoms with Crippen molar-refractivity contribution in [3.8, 4) is 28.6 Å². The normalized spacial score (nSPS) is 10.9. The van der Waals surface area contributed by atoms with Crippen LogP contribution in [0.25, 0.3) is 22.9 Å². The molecule has 0 aliphatic carbocycles. The third-order valence-corrected chi connectivity index (χ3v) is 4.59. The molecule has 0 radical (unpaired) electrons. The van der Waals surface area contributed by atoms with Gasteiger partial charge in [0.25, 0.3) is 0 Å². The fourth-order valence-electron chi connectivity index (χ4n) is 2.77. The maximum atomic E-state index is 6.31. The van der Waals surface area contributed by atoms with Gasteiger partial charge in [0, 0.05) is 5.02 Å². The van der Waals surface area contributed by atoms with Crippen LogP contribution < -0.4 is 10.5 Å². The minimum Gasteiger partial charge on any atom is -0.494 e. The number of ether oxygens (including phenoxy) is 1. The van der Waals surface area contributed by atoms with E-state index in [9.17, 15) is 0 Å². The van der Waals surface area contributed by atoms with Crippen LogP contribution in [0.3, 0.4) is 0 Å². The summed E-state index contributed by atoms with van der Waals surface area (Å²) in [5, 5.41) is 16.1. The largest absolute Gasteiger partial charge is 0.494 e. The maximum Gasteiger partial charge on any atom is 0.200 e. The van der Waals surface area contributed by atoms with Crippen molar-refractivity contribution >= 4 is 29.6 Å². The summed E-state index contributed by atoms with van der Waals surface area (Å²) in [6.45, 7) is 2.53. The summed E-state index contributed by atoms with van der Waals surface area (Å²) in [4.78, 5) is 0. The summed E-state index contributed by atoms with van der Waals surface area (Å²) in [7, 11) is 0. The molecular weight excluding hydrogens is 398 g/mol. The minimum absolute atomic E-state index is 0.337. The average Bonchev–Trinajstić information content (AvgIpc) is 3.26. The molecule has 28 heavy (non-hydrogen) atoms. The summed E-state index contributed by atoms with van der Waals surface area (Å²) in [5.74, 6) is 1.58. The van der Waals surface area contributed by atoms with Gasteiger partial charge in [0.05, 0.1) is 18.0 Å². The Kier molecular flexibility index (Phi) is 4.84. The molecule has 0 amide bonds. The van der Waals surface area contributed by atoms with Gasteiger partial charge in [-0.3, -0.25) is 9.67 Å². The molecule has 10 heteroatoms. The quantitative estimate of drug-likeness (QED) is 0.482. The van der Waals surface area contributed by atoms with Crippen LogP contribution in [0.1, 0.15) is 6.92 Å². The van der Waals surface area contributed by atoms with Crippen molar-refractivity contribution in [3.05, 3.63) is 58.3 Å². The Bertz CT molecular complexity index is 1160. The van der Waals surface area contributed by atoms with E-state index in [4.69, 9.17) is 34.3 Å². The van der Waals surface area contributed by atoms with Gasteiger partial charge in [0.15, 0.2) is 22.1 Å². The van der Waals surface area contributed by atoms with Crippen molar-refractivity contribution < 1.29 is 4.74 Å². The number of nitrogens with one attached hydrogen (secondary N) is 1. The van der Waals surface area contributed by atoms with Gasteiger partial charge in [-0.05, 0) is 67.7 Å². The topological polar surface area (TPSA) is 99.6 Å². The number of halogens is 1. The molecule has 2 heterocycles. The average molecular weight is 414 g/mol. The number of hydrogen-bond donors (Lipinski definition) is 2. The van der Waals surface area contributed by atoms with Gasteiger partial charge < -0.3 is 10.5 Å². The number of aromatic amines is 1. The first kappa shape index (κ1) is 18.2. The van der Waals surface area contributed by atoms with Gasteiger partial charge in [-0.15, -0.1) is 5.10 Å². The Morgan fingerprint density at radius 1 is 1.11 bits per heavy atom. The van der Waals surface area contributed by atoms with E-state index in [2.05, 4.69) is 20.5 Å². The summed E-state index contributed by atoms with van der Waals surface area (Å²) in [5.41, 5.74) is 8.26. The molecule has 4 aromatic rings. The maximum absolute atomic E-state index is 6.31. The number of H-pyrrole nitrogens is 1. The second kappa shape index (κ2) is 7.45. The monoisotopic (exact) mass is 413 g/mol. The fourth-order valence-corrected chi connectivity index (χ4v) is 3.14. The fraction of sp³-hybridized carbons (Fsp3) is 0.111. The van der Waals surface area contributed by atoms with Crippen LogP contribution in [0.15, 0.2) is 48.5 Å². The smallest absolute Gasteiger partial charge is 0.200 e. The van der Waals surface area contributed by atoms with Crippen molar-refractivity contribution in [1.82, 2.24) is 29.8 Å². The van der Waals surface area contributed by atoms with E-state index in [-0.39, 0.29) is 0 Å². The molecular formula is C18H16ClN7OS. The van der Waals surface area contributed by atoms with Gasteiger partial charge in [-0.2, -0.15) is 9.78 Å². The van der Waals surface area contributed by atoms with E-state index in [1.165, 1.54) is 4.68 Å². The molecule has 8 nitrogen and oxygen atoms in total. The number of aromatic nitrogens is 6. The van der Waals surface area contributed by atoms with Crippen LogP contribution in [0.4, 0.5) is 5.82 Å². The molecule has 0 saturated heterocycles. The minimum atomic E-state index is 0.337. The van der Waals surface area contributed by atoms with Crippen molar-refractivity contribution in [2.24, 2.45) is 0 Å². The molecule has 4 rings (SSSR count). The number of hydrogen-bond acceptors (Lipinski definition) is 6. The van der Waals surface area contributed by atoms with Crippen LogP contribution in [0.5, 0.6) is 5.75 Å². The summed E-state index contributed by atoms with van der Waals surface area (Å²) >= 11 is 11.3. The van der Waals surface area contributed by atoms with Gasteiger partial charge in [-0.1, -0.05) is 16.8 Å². The molecule has 2 aromatic heterocycles. The summed E-state index contributed by atoms with van der Waals surface area (Å²) < 4.78 is 9.17. The molecule has 0 atom stereocenters. The highest BCUT2D eigenvalue weighted by molar-refractivity contribution is 7.71. The lowest BCUT2D eigenvalue weighted by Crippen LogP contribution is -2.04. The SMILES string of the molecule is CCOc1ccc(-n2c(-c3nnn(-c4ccc(Cl)cc4)c3N)n[nH]c2=S)cc1. The molecule has 0 aliphatic heterocycles. The van der Waals surface area contributed by atoms with Crippen molar-refractivity contribution in [2.75, 3.05) is 12.3 Å². The first-order valence-corrected chi connectivity index (χ1v) is 9.25. The highest BCUT2D eigenvalue weighted by Crippen LogP contribution is 2.27. The zero-order chi connectivity index (χ0) is 19.7. The highest BCUT2D eigenvalue weighted by atomic mass is 35.5. The Hall–Kier alpha value is -3.17. The van der Waals surface area contributed by atoms with E-state index >= 15 is 0 Å². The molecule has 2 aromatic carbocycles. The number of rotatable bonds is 5. The molecule has 0 spiro atoms. The molecule has 0 aliphatic rings. The Labute approximate surface area is 170 Å². The third kappa shape index (κ3) is 3.25. The van der Waals surface area contributed by atoms with E-state index in [0.29, 0.717) is 33.7 Å². The predicted octanol–water partition coefficient (Wildman–Crippen LogP) is 3.81. The lowest BCUT2D eigenvalue weighted by molar-refractivity contribution is 0.340. The van der Waals surface area contributed by atoms with Gasteiger partial charge >= 0.3 is 0 Å². The second-order valence-electron chi connectivity index (χ2n) is 5.83. The lowest BCUT2D eigenvalue weighted by Gasteiger charge is -2.08. The number of nitrogen functional groups attached to an aromatic ring is 1. The predicted molar refractivity (Wildman–Crippen MR) is 110 cm³/mol. The van der Waals surface area contributed by atoms with Gasteiger partial charge in [0.2, 0.25) is 0 Å². The van der Waals surface area contributed by atoms with Crippen LogP contribution in [-0.2, 0) is 0 Å². The Morgan fingerprint density at radius 2 is 1.79 bits per heavy atom. The van der Waals surface area contributed by atoms with Crippen molar-refractivity contribution in [3.63, 3.8) is 0 Å². The van der Waals surface area contributed by atoms with Crippen LogP contribution >= 0.6 is 23.8 Å².